The molecule has 0 aliphatic heterocycles. The van der Waals surface area contributed by atoms with Crippen LogP contribution in [0.25, 0.3) is 22.6 Å². The lowest BCUT2D eigenvalue weighted by Gasteiger charge is -2.02. The highest BCUT2D eigenvalue weighted by Gasteiger charge is 2.18. The van der Waals surface area contributed by atoms with E-state index in [9.17, 15) is 9.50 Å². The lowest BCUT2D eigenvalue weighted by molar-refractivity contribution is 0.517. The zero-order chi connectivity index (χ0) is 9.71. The van der Waals surface area contributed by atoms with E-state index in [4.69, 9.17) is 0 Å². The van der Waals surface area contributed by atoms with Crippen LogP contribution >= 0.6 is 0 Å². The standard InChI is InChI=1S/C12H7FO/c13-10-5-4-7-2-1-3-8-11(14)6-9(10)12(7)8/h1-6,14H. The van der Waals surface area contributed by atoms with Crippen LogP contribution in [0.2, 0.25) is 0 Å². The van der Waals surface area contributed by atoms with E-state index in [2.05, 4.69) is 0 Å². The van der Waals surface area contributed by atoms with Crippen LogP contribution in [0.5, 0.6) is 0 Å². The summed E-state index contributed by atoms with van der Waals surface area (Å²) in [7, 11) is 0. The molecule has 1 aliphatic carbocycles. The number of rotatable bonds is 0. The molecule has 1 aliphatic rings. The first-order valence-corrected chi connectivity index (χ1v) is 4.39. The van der Waals surface area contributed by atoms with Crippen LogP contribution in [0.4, 0.5) is 4.39 Å². The van der Waals surface area contributed by atoms with Gasteiger partial charge < -0.3 is 5.11 Å². The highest BCUT2D eigenvalue weighted by Crippen LogP contribution is 2.36. The maximum atomic E-state index is 13.4. The van der Waals surface area contributed by atoms with Crippen LogP contribution in [0.15, 0.2) is 30.3 Å². The van der Waals surface area contributed by atoms with Gasteiger partial charge in [0.2, 0.25) is 0 Å². The van der Waals surface area contributed by atoms with E-state index in [1.54, 1.807) is 12.1 Å². The van der Waals surface area contributed by atoms with E-state index >= 15 is 0 Å². The van der Waals surface area contributed by atoms with Crippen molar-refractivity contribution in [3.05, 3.63) is 47.3 Å². The zero-order valence-corrected chi connectivity index (χ0v) is 7.29. The number of halogens is 1. The molecule has 0 spiro atoms. The zero-order valence-electron chi connectivity index (χ0n) is 7.29. The minimum Gasteiger partial charge on any atom is -0.507 e. The molecule has 0 unspecified atom stereocenters. The molecular weight excluding hydrogens is 179 g/mol. The summed E-state index contributed by atoms with van der Waals surface area (Å²) >= 11 is 0. The average Bonchev–Trinajstić information content (AvgIpc) is 2.53. The minimum absolute atomic E-state index is 0.149. The van der Waals surface area contributed by atoms with Gasteiger partial charge in [0, 0.05) is 16.5 Å². The third-order valence-corrected chi connectivity index (χ3v) is 2.59. The van der Waals surface area contributed by atoms with Crippen molar-refractivity contribution in [2.24, 2.45) is 0 Å². The predicted octanol–water partition coefficient (Wildman–Crippen LogP) is 3.35. The van der Waals surface area contributed by atoms with Crippen molar-refractivity contribution in [3.8, 4) is 0 Å². The summed E-state index contributed by atoms with van der Waals surface area (Å²) in [6.07, 6.45) is 1.48. The number of benzene rings is 2. The van der Waals surface area contributed by atoms with Gasteiger partial charge in [-0.05, 0) is 17.5 Å². The van der Waals surface area contributed by atoms with Crippen molar-refractivity contribution in [2.45, 2.75) is 0 Å². The molecular formula is C12H7FO. The summed E-state index contributed by atoms with van der Waals surface area (Å²) in [5, 5.41) is 11.4. The van der Waals surface area contributed by atoms with Gasteiger partial charge >= 0.3 is 0 Å². The number of hydrogen-bond acceptors (Lipinski definition) is 1. The Bertz CT molecular complexity index is 570. The van der Waals surface area contributed by atoms with Gasteiger partial charge in [-0.15, -0.1) is 0 Å². The molecule has 1 N–H and O–H groups in total. The van der Waals surface area contributed by atoms with Gasteiger partial charge in [-0.1, -0.05) is 24.3 Å². The van der Waals surface area contributed by atoms with Crippen LogP contribution < -0.4 is 0 Å². The van der Waals surface area contributed by atoms with E-state index in [0.717, 1.165) is 16.3 Å². The highest BCUT2D eigenvalue weighted by molar-refractivity contribution is 6.07. The Morgan fingerprint density at radius 2 is 1.93 bits per heavy atom. The summed E-state index contributed by atoms with van der Waals surface area (Å²) < 4.78 is 13.4. The minimum atomic E-state index is -0.283. The Morgan fingerprint density at radius 1 is 1.07 bits per heavy atom. The molecule has 1 nitrogen and oxygen atoms in total. The molecule has 2 heteroatoms. The maximum Gasteiger partial charge on any atom is 0.131 e. The van der Waals surface area contributed by atoms with Crippen molar-refractivity contribution in [3.63, 3.8) is 0 Å². The van der Waals surface area contributed by atoms with Crippen molar-refractivity contribution in [1.29, 1.82) is 0 Å². The quantitative estimate of drug-likeness (QED) is 0.668. The van der Waals surface area contributed by atoms with Crippen LogP contribution in [0, 0.1) is 5.82 Å². The van der Waals surface area contributed by atoms with Crippen molar-refractivity contribution < 1.29 is 9.50 Å². The molecule has 14 heavy (non-hydrogen) atoms. The fourth-order valence-electron chi connectivity index (χ4n) is 1.95. The topological polar surface area (TPSA) is 20.2 Å². The summed E-state index contributed by atoms with van der Waals surface area (Å²) in [4.78, 5) is 0. The molecule has 0 saturated heterocycles. The van der Waals surface area contributed by atoms with E-state index in [0.29, 0.717) is 5.56 Å². The SMILES string of the molecule is OC1=Cc2c(F)ccc3cccc1c23. The van der Waals surface area contributed by atoms with Crippen LogP contribution in [-0.2, 0) is 0 Å². The van der Waals surface area contributed by atoms with Crippen LogP contribution in [-0.4, -0.2) is 5.11 Å². The Hall–Kier alpha value is -1.83. The van der Waals surface area contributed by atoms with Gasteiger partial charge in [0.05, 0.1) is 0 Å². The van der Waals surface area contributed by atoms with E-state index in [1.807, 2.05) is 12.1 Å². The monoisotopic (exact) mass is 186 g/mol. The fraction of sp³-hybridized carbons (Fsp3) is 0. The maximum absolute atomic E-state index is 13.4. The van der Waals surface area contributed by atoms with Crippen LogP contribution in [0.1, 0.15) is 11.1 Å². The third kappa shape index (κ3) is 0.777. The molecule has 0 radical (unpaired) electrons. The molecule has 0 amide bonds. The number of hydrogen-bond donors (Lipinski definition) is 1. The molecule has 3 rings (SSSR count). The first kappa shape index (κ1) is 7.56. The Morgan fingerprint density at radius 3 is 2.79 bits per heavy atom. The summed E-state index contributed by atoms with van der Waals surface area (Å²) in [6, 6.07) is 8.72. The molecule has 0 heterocycles. The lowest BCUT2D eigenvalue weighted by atomic mass is 10.0. The second-order valence-corrected chi connectivity index (χ2v) is 3.39. The predicted molar refractivity (Wildman–Crippen MR) is 54.4 cm³/mol. The first-order valence-electron chi connectivity index (χ1n) is 4.39. The van der Waals surface area contributed by atoms with Crippen molar-refractivity contribution >= 4 is 22.6 Å². The van der Waals surface area contributed by atoms with Gasteiger partial charge in [0.25, 0.3) is 0 Å². The fourth-order valence-corrected chi connectivity index (χ4v) is 1.95. The summed E-state index contributed by atoms with van der Waals surface area (Å²) in [6.45, 7) is 0. The average molecular weight is 186 g/mol. The van der Waals surface area contributed by atoms with Crippen molar-refractivity contribution in [2.75, 3.05) is 0 Å². The Balaban J connectivity index is 2.59. The molecule has 0 fully saturated rings. The van der Waals surface area contributed by atoms with E-state index in [1.165, 1.54) is 12.1 Å². The molecule has 0 bridgehead atoms. The summed E-state index contributed by atoms with van der Waals surface area (Å²) in [5.74, 6) is -0.135. The van der Waals surface area contributed by atoms with E-state index in [-0.39, 0.29) is 11.6 Å². The lowest BCUT2D eigenvalue weighted by Crippen LogP contribution is -1.83. The largest absolute Gasteiger partial charge is 0.507 e. The Labute approximate surface area is 80.1 Å². The molecule has 68 valence electrons. The molecule has 2 aromatic rings. The van der Waals surface area contributed by atoms with E-state index < -0.39 is 0 Å². The molecule has 0 atom stereocenters. The number of aliphatic hydroxyl groups is 1. The van der Waals surface area contributed by atoms with Gasteiger partial charge in [0.15, 0.2) is 0 Å². The van der Waals surface area contributed by atoms with Gasteiger partial charge in [-0.2, -0.15) is 0 Å². The highest BCUT2D eigenvalue weighted by atomic mass is 19.1. The summed E-state index contributed by atoms with van der Waals surface area (Å²) in [5.41, 5.74) is 1.22. The molecule has 0 aromatic heterocycles. The van der Waals surface area contributed by atoms with Gasteiger partial charge in [-0.3, -0.25) is 0 Å². The second kappa shape index (κ2) is 2.35. The third-order valence-electron chi connectivity index (χ3n) is 2.59. The molecule has 0 saturated carbocycles. The molecule has 2 aromatic carbocycles. The van der Waals surface area contributed by atoms with Gasteiger partial charge in [-0.25, -0.2) is 4.39 Å². The Kier molecular flexibility index (Phi) is 1.27. The van der Waals surface area contributed by atoms with Crippen molar-refractivity contribution in [1.82, 2.24) is 0 Å². The smallest absolute Gasteiger partial charge is 0.131 e. The first-order chi connectivity index (χ1) is 6.77. The van der Waals surface area contributed by atoms with Crippen LogP contribution in [0.3, 0.4) is 0 Å². The normalized spacial score (nSPS) is 13.4. The van der Waals surface area contributed by atoms with Gasteiger partial charge in [0.1, 0.15) is 11.6 Å². The number of aliphatic hydroxyl groups excluding tert-OH is 1. The second-order valence-electron chi connectivity index (χ2n) is 3.39.